The van der Waals surface area contributed by atoms with Crippen molar-refractivity contribution in [3.05, 3.63) is 0 Å². The van der Waals surface area contributed by atoms with Gasteiger partial charge >= 0.3 is 5.97 Å². The number of esters is 1. The van der Waals surface area contributed by atoms with Crippen molar-refractivity contribution in [3.8, 4) is 11.8 Å². The van der Waals surface area contributed by atoms with E-state index in [0.29, 0.717) is 12.5 Å². The van der Waals surface area contributed by atoms with Gasteiger partial charge in [0.1, 0.15) is 0 Å². The lowest BCUT2D eigenvalue weighted by Crippen LogP contribution is -2.22. The van der Waals surface area contributed by atoms with E-state index >= 15 is 0 Å². The quantitative estimate of drug-likeness (QED) is 0.588. The molecule has 0 aromatic rings. The predicted octanol–water partition coefficient (Wildman–Crippen LogP) is 1.88. The van der Waals surface area contributed by atoms with Gasteiger partial charge in [-0.1, -0.05) is 31.1 Å². The summed E-state index contributed by atoms with van der Waals surface area (Å²) < 4.78 is 4.69. The molecule has 0 amide bonds. The molecule has 1 fully saturated rings. The fraction of sp³-hybridized carbons (Fsp3) is 0.769. The van der Waals surface area contributed by atoms with E-state index in [9.17, 15) is 9.90 Å². The molecule has 90 valence electrons. The summed E-state index contributed by atoms with van der Waals surface area (Å²) in [6, 6.07) is 0. The van der Waals surface area contributed by atoms with Crippen LogP contribution in [0.1, 0.15) is 45.4 Å². The highest BCUT2D eigenvalue weighted by atomic mass is 16.5. The Morgan fingerprint density at radius 2 is 2.12 bits per heavy atom. The average molecular weight is 224 g/mol. The van der Waals surface area contributed by atoms with Gasteiger partial charge < -0.3 is 9.84 Å². The molecule has 0 saturated heterocycles. The Hall–Kier alpha value is -1.01. The van der Waals surface area contributed by atoms with E-state index < -0.39 is 12.1 Å². The normalized spacial score (nSPS) is 18.4. The van der Waals surface area contributed by atoms with Crippen LogP contribution in [0.15, 0.2) is 0 Å². The molecule has 0 unspecified atom stereocenters. The van der Waals surface area contributed by atoms with Crippen LogP contribution in [0.5, 0.6) is 0 Å². The molecule has 0 heterocycles. The van der Waals surface area contributed by atoms with Gasteiger partial charge in [-0.15, -0.1) is 0 Å². The van der Waals surface area contributed by atoms with Gasteiger partial charge in [-0.3, -0.25) is 0 Å². The molecular formula is C13H20O3. The van der Waals surface area contributed by atoms with E-state index in [1.165, 1.54) is 19.3 Å². The lowest BCUT2D eigenvalue weighted by Gasteiger charge is -2.15. The lowest BCUT2D eigenvalue weighted by molar-refractivity contribution is -0.152. The third-order valence-corrected chi connectivity index (χ3v) is 2.77. The van der Waals surface area contributed by atoms with Gasteiger partial charge in [-0.05, 0) is 19.8 Å². The number of carbonyl (C=O) groups excluding carboxylic acids is 1. The number of aliphatic hydroxyl groups is 1. The highest BCUT2D eigenvalue weighted by Gasteiger charge is 2.14. The summed E-state index contributed by atoms with van der Waals surface area (Å²) in [5.41, 5.74) is 0. The number of carbonyl (C=O) groups is 1. The van der Waals surface area contributed by atoms with Crippen molar-refractivity contribution >= 4 is 5.97 Å². The number of aliphatic hydroxyl groups excluding tert-OH is 1. The van der Waals surface area contributed by atoms with Crippen LogP contribution in [-0.4, -0.2) is 23.8 Å². The zero-order valence-electron chi connectivity index (χ0n) is 9.87. The molecule has 1 saturated carbocycles. The maximum absolute atomic E-state index is 11.1. The van der Waals surface area contributed by atoms with E-state index in [2.05, 4.69) is 16.6 Å². The van der Waals surface area contributed by atoms with Crippen molar-refractivity contribution in [1.29, 1.82) is 0 Å². The van der Waals surface area contributed by atoms with Crippen LogP contribution >= 0.6 is 0 Å². The Bertz CT molecular complexity index is 269. The van der Waals surface area contributed by atoms with Crippen LogP contribution in [0, 0.1) is 17.8 Å². The van der Waals surface area contributed by atoms with Gasteiger partial charge in [0, 0.05) is 12.3 Å². The lowest BCUT2D eigenvalue weighted by atomic mass is 9.90. The molecule has 0 spiro atoms. The Kier molecular flexibility index (Phi) is 5.95. The summed E-state index contributed by atoms with van der Waals surface area (Å²) >= 11 is 0. The fourth-order valence-corrected chi connectivity index (χ4v) is 1.87. The molecule has 0 aromatic heterocycles. The monoisotopic (exact) mass is 224 g/mol. The molecule has 1 aliphatic rings. The molecule has 3 heteroatoms. The summed E-state index contributed by atoms with van der Waals surface area (Å²) in [6.45, 7) is 2.02. The molecule has 0 radical (unpaired) electrons. The highest BCUT2D eigenvalue weighted by Crippen LogP contribution is 2.22. The second kappa shape index (κ2) is 7.29. The molecule has 3 nitrogen and oxygen atoms in total. The van der Waals surface area contributed by atoms with Crippen LogP contribution < -0.4 is 0 Å². The Balaban J connectivity index is 2.26. The van der Waals surface area contributed by atoms with E-state index in [4.69, 9.17) is 0 Å². The van der Waals surface area contributed by atoms with Crippen LogP contribution in [0.4, 0.5) is 0 Å². The second-order valence-electron chi connectivity index (χ2n) is 4.13. The summed E-state index contributed by atoms with van der Waals surface area (Å²) in [4.78, 5) is 11.1. The molecule has 1 atom stereocenters. The molecule has 1 rings (SSSR count). The molecule has 0 bridgehead atoms. The first kappa shape index (κ1) is 13.1. The maximum Gasteiger partial charge on any atom is 0.335 e. The molecular weight excluding hydrogens is 204 g/mol. The molecule has 16 heavy (non-hydrogen) atoms. The van der Waals surface area contributed by atoms with Gasteiger partial charge in [0.05, 0.1) is 6.61 Å². The first-order valence-corrected chi connectivity index (χ1v) is 6.07. The first-order valence-electron chi connectivity index (χ1n) is 6.07. The molecule has 0 aromatic carbocycles. The summed E-state index contributed by atoms with van der Waals surface area (Å²) in [6.07, 6.45) is 5.22. The topological polar surface area (TPSA) is 46.5 Å². The molecule has 0 aliphatic heterocycles. The van der Waals surface area contributed by atoms with E-state index in [1.54, 1.807) is 6.92 Å². The summed E-state index contributed by atoms with van der Waals surface area (Å²) in [5, 5.41) is 9.40. The number of rotatable bonds is 3. The van der Waals surface area contributed by atoms with Crippen molar-refractivity contribution < 1.29 is 14.6 Å². The standard InChI is InChI=1S/C13H20O3/c1-2-16-13(15)12(14)10-6-9-11-7-4-3-5-8-11/h11-12,14H,2-5,7-8,10H2,1H3/t12-/m1/s1. The largest absolute Gasteiger partial charge is 0.464 e. The second-order valence-corrected chi connectivity index (χ2v) is 4.13. The third-order valence-electron chi connectivity index (χ3n) is 2.77. The minimum absolute atomic E-state index is 0.190. The number of hydrogen-bond acceptors (Lipinski definition) is 3. The minimum atomic E-state index is -1.09. The fourth-order valence-electron chi connectivity index (χ4n) is 1.87. The van der Waals surface area contributed by atoms with Crippen LogP contribution in [0.2, 0.25) is 0 Å². The molecule has 1 aliphatic carbocycles. The summed E-state index contributed by atoms with van der Waals surface area (Å²) in [5.74, 6) is 5.92. The first-order chi connectivity index (χ1) is 7.74. The van der Waals surface area contributed by atoms with Crippen molar-refractivity contribution in [1.82, 2.24) is 0 Å². The highest BCUT2D eigenvalue weighted by molar-refractivity contribution is 5.74. The van der Waals surface area contributed by atoms with Gasteiger partial charge in [-0.2, -0.15) is 0 Å². The minimum Gasteiger partial charge on any atom is -0.464 e. The van der Waals surface area contributed by atoms with E-state index in [1.807, 2.05) is 0 Å². The zero-order valence-corrected chi connectivity index (χ0v) is 9.87. The van der Waals surface area contributed by atoms with Crippen molar-refractivity contribution in [2.24, 2.45) is 5.92 Å². The van der Waals surface area contributed by atoms with Crippen molar-refractivity contribution in [2.75, 3.05) is 6.61 Å². The third kappa shape index (κ3) is 4.67. The number of ether oxygens (including phenoxy) is 1. The van der Waals surface area contributed by atoms with Crippen LogP contribution in [0.3, 0.4) is 0 Å². The van der Waals surface area contributed by atoms with E-state index in [-0.39, 0.29) is 6.42 Å². The van der Waals surface area contributed by atoms with E-state index in [0.717, 1.165) is 12.8 Å². The number of hydrogen-bond donors (Lipinski definition) is 1. The van der Waals surface area contributed by atoms with Crippen molar-refractivity contribution in [3.63, 3.8) is 0 Å². The predicted molar refractivity (Wildman–Crippen MR) is 61.6 cm³/mol. The van der Waals surface area contributed by atoms with Gasteiger partial charge in [0.25, 0.3) is 0 Å². The summed E-state index contributed by atoms with van der Waals surface area (Å²) in [7, 11) is 0. The van der Waals surface area contributed by atoms with Gasteiger partial charge in [0.15, 0.2) is 6.10 Å². The maximum atomic E-state index is 11.1. The van der Waals surface area contributed by atoms with Crippen molar-refractivity contribution in [2.45, 2.75) is 51.6 Å². The smallest absolute Gasteiger partial charge is 0.335 e. The Labute approximate surface area is 97.2 Å². The Morgan fingerprint density at radius 3 is 2.75 bits per heavy atom. The zero-order chi connectivity index (χ0) is 11.8. The van der Waals surface area contributed by atoms with Crippen LogP contribution in [0.25, 0.3) is 0 Å². The SMILES string of the molecule is CCOC(=O)[C@H](O)CC#CC1CCCCC1. The van der Waals surface area contributed by atoms with Gasteiger partial charge in [-0.25, -0.2) is 4.79 Å². The van der Waals surface area contributed by atoms with Gasteiger partial charge in [0.2, 0.25) is 0 Å². The Morgan fingerprint density at radius 1 is 1.44 bits per heavy atom. The van der Waals surface area contributed by atoms with Crippen LogP contribution in [-0.2, 0) is 9.53 Å². The molecule has 1 N–H and O–H groups in total. The average Bonchev–Trinajstić information content (AvgIpc) is 2.30.